The van der Waals surface area contributed by atoms with E-state index >= 15 is 0 Å². The van der Waals surface area contributed by atoms with E-state index < -0.39 is 23.2 Å². The van der Waals surface area contributed by atoms with Crippen molar-refractivity contribution in [2.24, 2.45) is 0 Å². The highest BCUT2D eigenvalue weighted by atomic mass is 19.1. The molecule has 1 rings (SSSR count). The van der Waals surface area contributed by atoms with Crippen LogP contribution in [-0.4, -0.2) is 11.6 Å². The van der Waals surface area contributed by atoms with Crippen molar-refractivity contribution in [3.8, 4) is 0 Å². The lowest BCUT2D eigenvalue weighted by atomic mass is 9.99. The molecule has 0 aromatic heterocycles. The average Bonchev–Trinajstić information content (AvgIpc) is 2.37. The van der Waals surface area contributed by atoms with E-state index in [0.29, 0.717) is 0 Å². The lowest BCUT2D eigenvalue weighted by molar-refractivity contribution is -0.121. The number of benzene rings is 1. The van der Waals surface area contributed by atoms with Gasteiger partial charge in [0, 0.05) is 18.4 Å². The van der Waals surface area contributed by atoms with Crippen LogP contribution in [0.3, 0.4) is 0 Å². The lowest BCUT2D eigenvalue weighted by Gasteiger charge is -2.04. The zero-order valence-electron chi connectivity index (χ0n) is 10.3. The van der Waals surface area contributed by atoms with E-state index in [1.165, 1.54) is 6.07 Å². The highest BCUT2D eigenvalue weighted by molar-refractivity contribution is 6.23. The molecule has 0 bridgehead atoms. The van der Waals surface area contributed by atoms with Gasteiger partial charge in [-0.15, -0.1) is 0 Å². The highest BCUT2D eigenvalue weighted by Crippen LogP contribution is 2.18. The van der Waals surface area contributed by atoms with Crippen molar-refractivity contribution in [2.45, 2.75) is 26.7 Å². The van der Waals surface area contributed by atoms with Crippen LogP contribution >= 0.6 is 0 Å². The molecule has 0 atom stereocenters. The second-order valence-corrected chi connectivity index (χ2v) is 3.75. The Hall–Kier alpha value is -1.84. The van der Waals surface area contributed by atoms with Crippen LogP contribution in [0.1, 0.15) is 32.3 Å². The molecule has 0 fully saturated rings. The summed E-state index contributed by atoms with van der Waals surface area (Å²) in [6, 6.07) is 3.39. The van der Waals surface area contributed by atoms with Crippen molar-refractivity contribution >= 4 is 17.6 Å². The van der Waals surface area contributed by atoms with Crippen LogP contribution in [0.5, 0.6) is 0 Å². The van der Waals surface area contributed by atoms with Gasteiger partial charge in [0.25, 0.3) is 0 Å². The van der Waals surface area contributed by atoms with Crippen LogP contribution in [0.2, 0.25) is 0 Å². The van der Waals surface area contributed by atoms with E-state index in [1.54, 1.807) is 13.8 Å². The molecule has 0 aliphatic carbocycles. The van der Waals surface area contributed by atoms with Gasteiger partial charge in [-0.05, 0) is 18.2 Å². The third kappa shape index (κ3) is 3.09. The molecule has 96 valence electrons. The summed E-state index contributed by atoms with van der Waals surface area (Å²) >= 11 is 0. The maximum absolute atomic E-state index is 13.4. The third-order valence-electron chi connectivity index (χ3n) is 2.53. The van der Waals surface area contributed by atoms with E-state index in [-0.39, 0.29) is 24.0 Å². The van der Waals surface area contributed by atoms with Gasteiger partial charge in [0.15, 0.2) is 11.6 Å². The minimum Gasteiger partial charge on any atom is -0.294 e. The zero-order chi connectivity index (χ0) is 13.7. The first-order valence-corrected chi connectivity index (χ1v) is 5.73. The highest BCUT2D eigenvalue weighted by Gasteiger charge is 2.17. The molecule has 0 spiro atoms. The van der Waals surface area contributed by atoms with Gasteiger partial charge >= 0.3 is 0 Å². The Labute approximate surface area is 104 Å². The minimum atomic E-state index is -0.791. The fourth-order valence-corrected chi connectivity index (χ4v) is 1.49. The van der Waals surface area contributed by atoms with Crippen molar-refractivity contribution in [1.82, 2.24) is 0 Å². The van der Waals surface area contributed by atoms with E-state index in [2.05, 4.69) is 0 Å². The molecule has 0 heterocycles. The summed E-state index contributed by atoms with van der Waals surface area (Å²) in [6.45, 7) is 3.19. The molecule has 1 aromatic rings. The van der Waals surface area contributed by atoms with Gasteiger partial charge in [0.1, 0.15) is 11.6 Å². The molecule has 0 aliphatic rings. The Morgan fingerprint density at radius 1 is 1.06 bits per heavy atom. The first kappa shape index (κ1) is 14.2. The minimum absolute atomic E-state index is 0.119. The molecule has 0 aliphatic heterocycles. The zero-order valence-corrected chi connectivity index (χ0v) is 10.3. The maximum Gasteiger partial charge on any atom is 0.166 e. The van der Waals surface area contributed by atoms with Crippen molar-refractivity contribution < 1.29 is 18.4 Å². The monoisotopic (exact) mass is 252 g/mol. The Morgan fingerprint density at radius 2 is 1.50 bits per heavy atom. The summed E-state index contributed by atoms with van der Waals surface area (Å²) < 4.78 is 26.9. The number of rotatable bonds is 5. The van der Waals surface area contributed by atoms with Gasteiger partial charge < -0.3 is 0 Å². The average molecular weight is 252 g/mol. The first-order chi connectivity index (χ1) is 8.51. The molecule has 2 nitrogen and oxygen atoms in total. The van der Waals surface area contributed by atoms with Crippen molar-refractivity contribution in [3.63, 3.8) is 0 Å². The molecular formula is C14H14F2O2. The number of hydrogen-bond acceptors (Lipinski definition) is 2. The number of Topliss-reactive ketones (excluding diaryl/α,β-unsaturated/α-hetero) is 2. The molecule has 18 heavy (non-hydrogen) atoms. The number of halogens is 2. The van der Waals surface area contributed by atoms with Crippen molar-refractivity contribution in [2.75, 3.05) is 0 Å². The Bertz CT molecular complexity index is 466. The number of ketones is 2. The molecular weight excluding hydrogens is 238 g/mol. The van der Waals surface area contributed by atoms with Gasteiger partial charge in [-0.1, -0.05) is 19.9 Å². The summed E-state index contributed by atoms with van der Waals surface area (Å²) in [7, 11) is 0. The topological polar surface area (TPSA) is 34.1 Å². The van der Waals surface area contributed by atoms with Gasteiger partial charge in [0.05, 0.1) is 5.57 Å². The van der Waals surface area contributed by atoms with E-state index in [9.17, 15) is 18.4 Å². The normalized spacial score (nSPS) is 10.0. The molecule has 0 saturated heterocycles. The quantitative estimate of drug-likeness (QED) is 0.457. The molecule has 0 saturated carbocycles. The number of hydrogen-bond donors (Lipinski definition) is 0. The van der Waals surface area contributed by atoms with E-state index in [1.807, 2.05) is 0 Å². The number of allylic oxidation sites excluding steroid dienone is 1. The summed E-state index contributed by atoms with van der Waals surface area (Å²) in [4.78, 5) is 23.2. The molecule has 0 N–H and O–H groups in total. The number of carbonyl (C=O) groups excluding carboxylic acids is 2. The van der Waals surface area contributed by atoms with Crippen LogP contribution in [0.15, 0.2) is 23.8 Å². The molecule has 1 aromatic carbocycles. The Kier molecular flexibility index (Phi) is 4.89. The van der Waals surface area contributed by atoms with Gasteiger partial charge in [-0.2, -0.15) is 0 Å². The Balaban J connectivity index is 3.32. The standard InChI is InChI=1S/C14H14F2O2/c1-3-13(17)10(14(18)4-2)8-9-11(15)6-5-7-12(9)16/h5-8H,3-4H2,1-2H3. The van der Waals surface area contributed by atoms with Crippen LogP contribution in [0.25, 0.3) is 6.08 Å². The predicted octanol–water partition coefficient (Wildman–Crippen LogP) is 3.31. The predicted molar refractivity (Wildman–Crippen MR) is 64.9 cm³/mol. The van der Waals surface area contributed by atoms with E-state index in [4.69, 9.17) is 0 Å². The maximum atomic E-state index is 13.4. The summed E-state index contributed by atoms with van der Waals surface area (Å²) in [5.74, 6) is -2.41. The largest absolute Gasteiger partial charge is 0.294 e. The first-order valence-electron chi connectivity index (χ1n) is 5.73. The summed E-state index contributed by atoms with van der Waals surface area (Å²) in [6.07, 6.45) is 1.24. The van der Waals surface area contributed by atoms with Crippen LogP contribution in [-0.2, 0) is 9.59 Å². The molecule has 0 unspecified atom stereocenters. The lowest BCUT2D eigenvalue weighted by Crippen LogP contribution is -2.11. The Morgan fingerprint density at radius 3 is 1.89 bits per heavy atom. The smallest absolute Gasteiger partial charge is 0.166 e. The van der Waals surface area contributed by atoms with Gasteiger partial charge in [-0.25, -0.2) is 8.78 Å². The third-order valence-corrected chi connectivity index (χ3v) is 2.53. The van der Waals surface area contributed by atoms with Crippen LogP contribution in [0.4, 0.5) is 8.78 Å². The fraction of sp³-hybridized carbons (Fsp3) is 0.286. The second kappa shape index (κ2) is 6.19. The molecule has 0 amide bonds. The molecule has 4 heteroatoms. The number of carbonyl (C=O) groups is 2. The SMILES string of the molecule is CCC(=O)C(=Cc1c(F)cccc1F)C(=O)CC. The van der Waals surface area contributed by atoms with E-state index in [0.717, 1.165) is 18.2 Å². The van der Waals surface area contributed by atoms with Gasteiger partial charge in [-0.3, -0.25) is 9.59 Å². The summed E-state index contributed by atoms with van der Waals surface area (Å²) in [5.41, 5.74) is -0.500. The second-order valence-electron chi connectivity index (χ2n) is 3.75. The fourth-order valence-electron chi connectivity index (χ4n) is 1.49. The van der Waals surface area contributed by atoms with Gasteiger partial charge in [0.2, 0.25) is 0 Å². The van der Waals surface area contributed by atoms with Crippen LogP contribution < -0.4 is 0 Å². The van der Waals surface area contributed by atoms with Crippen LogP contribution in [0, 0.1) is 11.6 Å². The van der Waals surface area contributed by atoms with Crippen molar-refractivity contribution in [1.29, 1.82) is 0 Å². The van der Waals surface area contributed by atoms with Crippen molar-refractivity contribution in [3.05, 3.63) is 41.0 Å². The molecule has 0 radical (unpaired) electrons. The summed E-state index contributed by atoms with van der Waals surface area (Å²) in [5, 5.41) is 0.